The Balaban J connectivity index is 1.47. The molecule has 3 aromatic heterocycles. The lowest BCUT2D eigenvalue weighted by Crippen LogP contribution is -2.30. The van der Waals surface area contributed by atoms with Crippen molar-refractivity contribution in [3.05, 3.63) is 78.7 Å². The number of anilines is 2. The molecular weight excluding hydrogens is 472 g/mol. The van der Waals surface area contributed by atoms with Gasteiger partial charge in [-0.25, -0.2) is 19.9 Å². The monoisotopic (exact) mass is 498 g/mol. The minimum atomic E-state index is -0.323. The number of fused-ring (bicyclic) bond motifs is 1. The Bertz CT molecular complexity index is 1450. The van der Waals surface area contributed by atoms with Gasteiger partial charge in [0.05, 0.1) is 12.6 Å². The molecule has 0 radical (unpaired) electrons. The zero-order valence-electron chi connectivity index (χ0n) is 20.2. The van der Waals surface area contributed by atoms with Crippen LogP contribution >= 0.6 is 0 Å². The van der Waals surface area contributed by atoms with Crippen LogP contribution in [0.4, 0.5) is 11.8 Å². The predicted octanol–water partition coefficient (Wildman–Crippen LogP) is 2.89. The molecule has 1 aliphatic rings. The van der Waals surface area contributed by atoms with Gasteiger partial charge in [-0.15, -0.1) is 0 Å². The maximum absolute atomic E-state index is 12.9. The van der Waals surface area contributed by atoms with Crippen LogP contribution < -0.4 is 11.1 Å². The highest BCUT2D eigenvalue weighted by Gasteiger charge is 2.33. The number of carbonyl (C=O) groups excluding carboxylic acids is 2. The average Bonchev–Trinajstić information content (AvgIpc) is 3.55. The van der Waals surface area contributed by atoms with Crippen molar-refractivity contribution in [1.29, 1.82) is 0 Å². The van der Waals surface area contributed by atoms with Crippen molar-refractivity contribution in [1.82, 2.24) is 29.2 Å². The molecule has 1 saturated heterocycles. The highest BCUT2D eigenvalue weighted by molar-refractivity contribution is 6.03. The number of likely N-dealkylation sites (tertiary alicyclic amines) is 1. The Kier molecular flexibility index (Phi) is 6.86. The van der Waals surface area contributed by atoms with E-state index in [0.717, 1.165) is 18.4 Å². The number of nitrogen functional groups attached to an aromatic ring is 1. The first kappa shape index (κ1) is 24.1. The van der Waals surface area contributed by atoms with Gasteiger partial charge in [0.2, 0.25) is 11.9 Å². The average molecular weight is 499 g/mol. The van der Waals surface area contributed by atoms with Crippen LogP contribution in [-0.2, 0) is 9.53 Å². The van der Waals surface area contributed by atoms with Gasteiger partial charge in [-0.1, -0.05) is 18.2 Å². The van der Waals surface area contributed by atoms with Crippen LogP contribution in [0.2, 0.25) is 0 Å². The van der Waals surface area contributed by atoms with E-state index in [-0.39, 0.29) is 23.8 Å². The Morgan fingerprint density at radius 3 is 2.70 bits per heavy atom. The van der Waals surface area contributed by atoms with E-state index >= 15 is 0 Å². The van der Waals surface area contributed by atoms with Crippen molar-refractivity contribution in [2.45, 2.75) is 18.9 Å². The summed E-state index contributed by atoms with van der Waals surface area (Å²) in [7, 11) is 1.58. The molecule has 0 unspecified atom stereocenters. The van der Waals surface area contributed by atoms with E-state index in [9.17, 15) is 9.59 Å². The quantitative estimate of drug-likeness (QED) is 0.371. The van der Waals surface area contributed by atoms with Crippen LogP contribution in [0.25, 0.3) is 16.8 Å². The minimum Gasteiger partial charge on any atom is -0.382 e. The van der Waals surface area contributed by atoms with E-state index in [1.54, 1.807) is 62.2 Å². The number of rotatable bonds is 7. The highest BCUT2D eigenvalue weighted by Crippen LogP contribution is 2.36. The number of aromatic nitrogens is 5. The summed E-state index contributed by atoms with van der Waals surface area (Å²) in [6.07, 6.45) is 11.4. The highest BCUT2D eigenvalue weighted by atomic mass is 16.5. The van der Waals surface area contributed by atoms with Crippen LogP contribution in [0, 0.1) is 0 Å². The molecule has 0 spiro atoms. The van der Waals surface area contributed by atoms with Crippen molar-refractivity contribution in [3.63, 3.8) is 0 Å². The molecule has 0 aliphatic carbocycles. The first-order chi connectivity index (χ1) is 18.1. The number of carbonyl (C=O) groups is 2. The third-order valence-electron chi connectivity index (χ3n) is 6.18. The second kappa shape index (κ2) is 10.5. The summed E-state index contributed by atoms with van der Waals surface area (Å²) in [6, 6.07) is 8.49. The molecule has 11 nitrogen and oxygen atoms in total. The number of nitrogens with one attached hydrogen (secondary N) is 1. The van der Waals surface area contributed by atoms with Crippen molar-refractivity contribution in [3.8, 4) is 11.3 Å². The molecule has 1 fully saturated rings. The van der Waals surface area contributed by atoms with Gasteiger partial charge < -0.3 is 15.4 Å². The van der Waals surface area contributed by atoms with Crippen LogP contribution in [0.5, 0.6) is 0 Å². The lowest BCUT2D eigenvalue weighted by molar-refractivity contribution is -0.127. The Labute approximate surface area is 213 Å². The molecule has 2 amide bonds. The van der Waals surface area contributed by atoms with E-state index in [0.29, 0.717) is 41.6 Å². The number of imidazole rings is 1. The van der Waals surface area contributed by atoms with Crippen LogP contribution in [0.1, 0.15) is 35.1 Å². The predicted molar refractivity (Wildman–Crippen MR) is 138 cm³/mol. The maximum Gasteiger partial charge on any atom is 0.258 e. The molecule has 11 heteroatoms. The molecule has 37 heavy (non-hydrogen) atoms. The SMILES string of the molecule is COC/C=C/C(=O)N1CCC[C@H]1c1nc(-c2ccc(C(=O)Nc3ncccn3)cc2)c2c(N)nccn12. The number of ether oxygens (including phenoxy) is 1. The summed E-state index contributed by atoms with van der Waals surface area (Å²) in [5.41, 5.74) is 8.79. The van der Waals surface area contributed by atoms with Crippen LogP contribution in [0.15, 0.2) is 67.3 Å². The summed E-state index contributed by atoms with van der Waals surface area (Å²) in [6.45, 7) is 1.01. The van der Waals surface area contributed by atoms with Gasteiger partial charge in [0.25, 0.3) is 5.91 Å². The number of hydrogen-bond acceptors (Lipinski definition) is 8. The van der Waals surface area contributed by atoms with Gasteiger partial charge in [0.15, 0.2) is 0 Å². The van der Waals surface area contributed by atoms with Gasteiger partial charge in [-0.05, 0) is 31.0 Å². The summed E-state index contributed by atoms with van der Waals surface area (Å²) in [4.78, 5) is 44.6. The van der Waals surface area contributed by atoms with Gasteiger partial charge >= 0.3 is 0 Å². The minimum absolute atomic E-state index is 0.0855. The summed E-state index contributed by atoms with van der Waals surface area (Å²) < 4.78 is 6.92. The summed E-state index contributed by atoms with van der Waals surface area (Å²) in [5.74, 6) is 0.866. The largest absolute Gasteiger partial charge is 0.382 e. The molecule has 1 aromatic carbocycles. The van der Waals surface area contributed by atoms with Crippen LogP contribution in [-0.4, -0.2) is 61.3 Å². The Hall–Kier alpha value is -4.64. The van der Waals surface area contributed by atoms with Gasteiger partial charge in [-0.3, -0.25) is 19.3 Å². The van der Waals surface area contributed by atoms with E-state index in [1.165, 1.54) is 0 Å². The van der Waals surface area contributed by atoms with E-state index in [1.807, 2.05) is 21.4 Å². The molecular formula is C26H26N8O3. The number of nitrogens with zero attached hydrogens (tertiary/aromatic N) is 6. The van der Waals surface area contributed by atoms with Gasteiger partial charge in [0.1, 0.15) is 22.9 Å². The van der Waals surface area contributed by atoms with Gasteiger partial charge in [0, 0.05) is 55.6 Å². The number of hydrogen-bond donors (Lipinski definition) is 2. The molecule has 4 heterocycles. The number of amides is 2. The molecule has 1 atom stereocenters. The second-order valence-corrected chi connectivity index (χ2v) is 8.50. The summed E-state index contributed by atoms with van der Waals surface area (Å²) >= 11 is 0. The molecule has 188 valence electrons. The van der Waals surface area contributed by atoms with Crippen molar-refractivity contribution < 1.29 is 14.3 Å². The molecule has 0 bridgehead atoms. The Morgan fingerprint density at radius 1 is 1.16 bits per heavy atom. The topological polar surface area (TPSA) is 141 Å². The fraction of sp³-hybridized carbons (Fsp3) is 0.231. The fourth-order valence-electron chi connectivity index (χ4n) is 4.48. The van der Waals surface area contributed by atoms with E-state index in [2.05, 4.69) is 20.3 Å². The van der Waals surface area contributed by atoms with E-state index in [4.69, 9.17) is 15.5 Å². The normalized spacial score (nSPS) is 15.5. The van der Waals surface area contributed by atoms with Gasteiger partial charge in [-0.2, -0.15) is 0 Å². The first-order valence-electron chi connectivity index (χ1n) is 11.8. The number of methoxy groups -OCH3 is 1. The second-order valence-electron chi connectivity index (χ2n) is 8.50. The maximum atomic E-state index is 12.9. The van der Waals surface area contributed by atoms with E-state index < -0.39 is 0 Å². The Morgan fingerprint density at radius 2 is 1.95 bits per heavy atom. The van der Waals surface area contributed by atoms with Crippen molar-refractivity contribution >= 4 is 29.1 Å². The molecule has 5 rings (SSSR count). The molecule has 4 aromatic rings. The fourth-order valence-corrected chi connectivity index (χ4v) is 4.48. The lowest BCUT2D eigenvalue weighted by atomic mass is 10.1. The number of benzene rings is 1. The number of nitrogens with two attached hydrogens (primary N) is 1. The standard InChI is InChI=1S/C26H26N8O3/c1-37-16-3-6-20(35)33-14-2-5-19(33)24-31-21(22-23(27)28-13-15-34(22)24)17-7-9-18(10-8-17)25(36)32-26-29-11-4-12-30-26/h3-4,6-13,15,19H,2,5,14,16H2,1H3,(H2,27,28)(H,29,30,32,36)/b6-3+/t19-/m0/s1. The zero-order chi connectivity index (χ0) is 25.8. The molecule has 3 N–H and O–H groups in total. The van der Waals surface area contributed by atoms with Crippen LogP contribution in [0.3, 0.4) is 0 Å². The first-order valence-corrected chi connectivity index (χ1v) is 11.8. The third-order valence-corrected chi connectivity index (χ3v) is 6.18. The van der Waals surface area contributed by atoms with Crippen molar-refractivity contribution in [2.75, 3.05) is 31.3 Å². The molecule has 1 aliphatic heterocycles. The zero-order valence-corrected chi connectivity index (χ0v) is 20.2. The smallest absolute Gasteiger partial charge is 0.258 e. The third kappa shape index (κ3) is 4.89. The summed E-state index contributed by atoms with van der Waals surface area (Å²) in [5, 5.41) is 2.67. The lowest BCUT2D eigenvalue weighted by Gasteiger charge is -2.22. The van der Waals surface area contributed by atoms with Crippen molar-refractivity contribution in [2.24, 2.45) is 0 Å². The molecule has 0 saturated carbocycles.